The Morgan fingerprint density at radius 2 is 0.914 bits per heavy atom. The number of hydrogen-bond acceptors (Lipinski definition) is 3. The number of hydrogen-bond donors (Lipinski definition) is 0. The summed E-state index contributed by atoms with van der Waals surface area (Å²) in [6.45, 7) is 0. The number of thiophene rings is 2. The molecule has 0 radical (unpaired) electrons. The molecule has 0 spiro atoms. The van der Waals surface area contributed by atoms with E-state index >= 15 is 13.2 Å². The molecule has 12 rings (SSSR count). The number of alkyl halides is 3. The third kappa shape index (κ3) is 4.54. The quantitative estimate of drug-likeness (QED) is 0.175. The number of fused-ring (bicyclic) bond motifs is 14. The predicted molar refractivity (Wildman–Crippen MR) is 236 cm³/mol. The van der Waals surface area contributed by atoms with Gasteiger partial charge in [-0.25, -0.2) is 0 Å². The van der Waals surface area contributed by atoms with Crippen LogP contribution >= 0.6 is 22.7 Å². The minimum atomic E-state index is -4.67. The van der Waals surface area contributed by atoms with Gasteiger partial charge in [0.2, 0.25) is 0 Å². The van der Waals surface area contributed by atoms with Crippen LogP contribution in [-0.4, -0.2) is 9.13 Å². The zero-order valence-corrected chi connectivity index (χ0v) is 31.9. The molecule has 0 aliphatic carbocycles. The molecule has 4 aromatic heterocycles. The molecule has 3 nitrogen and oxygen atoms in total. The lowest BCUT2D eigenvalue weighted by Gasteiger charge is -2.23. The van der Waals surface area contributed by atoms with Crippen molar-refractivity contribution in [2.75, 3.05) is 0 Å². The van der Waals surface area contributed by atoms with E-state index in [-0.39, 0.29) is 5.56 Å². The van der Waals surface area contributed by atoms with Gasteiger partial charge in [-0.1, -0.05) is 103 Å². The van der Waals surface area contributed by atoms with E-state index in [0.29, 0.717) is 22.5 Å². The molecule has 4 heterocycles. The van der Waals surface area contributed by atoms with E-state index in [2.05, 4.69) is 75.9 Å². The highest BCUT2D eigenvalue weighted by molar-refractivity contribution is 7.26. The summed E-state index contributed by atoms with van der Waals surface area (Å²) in [5.41, 5.74) is 4.42. The second-order valence-corrected chi connectivity index (χ2v) is 16.8. The summed E-state index contributed by atoms with van der Waals surface area (Å²) in [6, 6.07) is 53.0. The first kappa shape index (κ1) is 33.2. The molecule has 0 fully saturated rings. The number of halogens is 3. The molecule has 0 saturated heterocycles. The molecule has 8 heteroatoms. The standard InChI is InChI=1S/C50H26F3N3S2/c51-50(52,53)36-16-6-1-13-33(36)45-39(55-37-17-7-2-11-29(37)31-21-23-43-46(48(31)55)34-14-4-9-19-41(34)57-43)25-28(27-54)26-40(45)56-38-18-8-3-12-30(38)32-22-24-44-47(49(32)56)35-15-5-10-20-42(35)58-44/h1-26H. The summed E-state index contributed by atoms with van der Waals surface area (Å²) < 4.78 is 55.0. The molecule has 0 N–H and O–H groups in total. The smallest absolute Gasteiger partial charge is 0.308 e. The van der Waals surface area contributed by atoms with Crippen LogP contribution in [0, 0.1) is 11.3 Å². The van der Waals surface area contributed by atoms with Gasteiger partial charge in [-0.05, 0) is 60.2 Å². The Morgan fingerprint density at radius 1 is 0.466 bits per heavy atom. The Bertz CT molecular complexity index is 3550. The number of nitriles is 1. The number of rotatable bonds is 3. The topological polar surface area (TPSA) is 33.6 Å². The van der Waals surface area contributed by atoms with Crippen LogP contribution in [-0.2, 0) is 6.18 Å². The molecule has 0 aliphatic heterocycles. The molecule has 0 unspecified atom stereocenters. The van der Waals surface area contributed by atoms with Gasteiger partial charge in [-0.2, -0.15) is 18.4 Å². The van der Waals surface area contributed by atoms with Crippen molar-refractivity contribution in [2.24, 2.45) is 0 Å². The third-order valence-electron chi connectivity index (χ3n) is 11.6. The monoisotopic (exact) mass is 789 g/mol. The van der Waals surface area contributed by atoms with Gasteiger partial charge < -0.3 is 9.13 Å². The van der Waals surface area contributed by atoms with Crippen molar-refractivity contribution in [3.63, 3.8) is 0 Å². The SMILES string of the molecule is N#Cc1cc(-n2c3ccccc3c3ccc4sc5ccccc5c4c32)c(-c2ccccc2C(F)(F)F)c(-n2c3ccccc3c3ccc4sc5ccccc5c4c32)c1. The fraction of sp³-hybridized carbons (Fsp3) is 0.0200. The molecule has 0 amide bonds. The molecule has 0 saturated carbocycles. The maximum Gasteiger partial charge on any atom is 0.417 e. The fourth-order valence-corrected chi connectivity index (χ4v) is 11.5. The first-order valence-corrected chi connectivity index (χ1v) is 20.4. The molecule has 58 heavy (non-hydrogen) atoms. The lowest BCUT2D eigenvalue weighted by atomic mass is 9.93. The first-order valence-electron chi connectivity index (χ1n) is 18.8. The first-order chi connectivity index (χ1) is 28.4. The van der Waals surface area contributed by atoms with Crippen LogP contribution in [0.1, 0.15) is 11.1 Å². The van der Waals surface area contributed by atoms with E-state index in [1.54, 1.807) is 46.9 Å². The molecule has 8 aromatic carbocycles. The zero-order valence-electron chi connectivity index (χ0n) is 30.3. The van der Waals surface area contributed by atoms with Crippen LogP contribution in [0.2, 0.25) is 0 Å². The van der Waals surface area contributed by atoms with E-state index in [1.807, 2.05) is 60.7 Å². The number of para-hydroxylation sites is 2. The minimum Gasteiger partial charge on any atom is -0.308 e. The van der Waals surface area contributed by atoms with Gasteiger partial charge in [-0.3, -0.25) is 0 Å². The Labute approximate surface area is 336 Å². The van der Waals surface area contributed by atoms with Gasteiger partial charge in [0.1, 0.15) is 0 Å². The van der Waals surface area contributed by atoms with Gasteiger partial charge in [0.25, 0.3) is 0 Å². The van der Waals surface area contributed by atoms with Crippen molar-refractivity contribution < 1.29 is 13.2 Å². The average Bonchev–Trinajstić information content (AvgIpc) is 4.00. The Hall–Kier alpha value is -6.92. The highest BCUT2D eigenvalue weighted by Gasteiger charge is 2.36. The lowest BCUT2D eigenvalue weighted by molar-refractivity contribution is -0.137. The highest BCUT2D eigenvalue weighted by atomic mass is 32.1. The molecular formula is C50H26F3N3S2. The van der Waals surface area contributed by atoms with Gasteiger partial charge in [0.05, 0.1) is 50.6 Å². The van der Waals surface area contributed by atoms with Crippen molar-refractivity contribution in [1.29, 1.82) is 5.26 Å². The normalized spacial score (nSPS) is 12.4. The van der Waals surface area contributed by atoms with Crippen LogP contribution in [0.25, 0.3) is 106 Å². The van der Waals surface area contributed by atoms with Crippen molar-refractivity contribution in [2.45, 2.75) is 6.18 Å². The number of nitrogens with zero attached hydrogens (tertiary/aromatic N) is 3. The van der Waals surface area contributed by atoms with Crippen LogP contribution in [0.5, 0.6) is 0 Å². The van der Waals surface area contributed by atoms with Gasteiger partial charge >= 0.3 is 6.18 Å². The lowest BCUT2D eigenvalue weighted by Crippen LogP contribution is -2.11. The minimum absolute atomic E-state index is 0.0334. The van der Waals surface area contributed by atoms with Crippen molar-refractivity contribution in [3.05, 3.63) is 169 Å². The summed E-state index contributed by atoms with van der Waals surface area (Å²) >= 11 is 3.39. The Morgan fingerprint density at radius 3 is 1.41 bits per heavy atom. The molecule has 0 bridgehead atoms. The Balaban J connectivity index is 1.36. The van der Waals surface area contributed by atoms with Crippen LogP contribution in [0.15, 0.2) is 158 Å². The fourth-order valence-electron chi connectivity index (χ4n) is 9.28. The van der Waals surface area contributed by atoms with E-state index in [4.69, 9.17) is 0 Å². The molecule has 12 aromatic rings. The predicted octanol–water partition coefficient (Wildman–Crippen LogP) is 15.2. The number of benzene rings is 8. The second-order valence-electron chi connectivity index (χ2n) is 14.6. The largest absolute Gasteiger partial charge is 0.417 e. The summed E-state index contributed by atoms with van der Waals surface area (Å²) in [5, 5.41) is 19.0. The van der Waals surface area contributed by atoms with E-state index in [1.165, 1.54) is 6.07 Å². The molecule has 274 valence electrons. The van der Waals surface area contributed by atoms with Crippen molar-refractivity contribution in [3.8, 4) is 28.6 Å². The van der Waals surface area contributed by atoms with Crippen LogP contribution in [0.4, 0.5) is 13.2 Å². The van der Waals surface area contributed by atoms with Crippen molar-refractivity contribution in [1.82, 2.24) is 9.13 Å². The van der Waals surface area contributed by atoms with E-state index < -0.39 is 11.7 Å². The molecule has 0 aliphatic rings. The summed E-state index contributed by atoms with van der Waals surface area (Å²) in [4.78, 5) is 0. The highest BCUT2D eigenvalue weighted by Crippen LogP contribution is 2.50. The summed E-state index contributed by atoms with van der Waals surface area (Å²) in [5.74, 6) is 0. The maximum atomic E-state index is 15.5. The summed E-state index contributed by atoms with van der Waals surface area (Å²) in [6.07, 6.45) is -4.67. The van der Waals surface area contributed by atoms with Crippen LogP contribution < -0.4 is 0 Å². The van der Waals surface area contributed by atoms with E-state index in [0.717, 1.165) is 90.0 Å². The number of aromatic nitrogens is 2. The maximum absolute atomic E-state index is 15.5. The Kier molecular flexibility index (Phi) is 6.90. The molecule has 0 atom stereocenters. The van der Waals surface area contributed by atoms with Gasteiger partial charge in [0.15, 0.2) is 0 Å². The van der Waals surface area contributed by atoms with Gasteiger partial charge in [-0.15, -0.1) is 22.7 Å². The zero-order chi connectivity index (χ0) is 38.9. The average molecular weight is 790 g/mol. The van der Waals surface area contributed by atoms with Gasteiger partial charge in [0, 0.05) is 67.5 Å². The second kappa shape index (κ2) is 12.0. The molecular weight excluding hydrogens is 764 g/mol. The van der Waals surface area contributed by atoms with Crippen LogP contribution in [0.3, 0.4) is 0 Å². The third-order valence-corrected chi connectivity index (χ3v) is 13.8. The van der Waals surface area contributed by atoms with Crippen molar-refractivity contribution >= 4 is 107 Å². The summed E-state index contributed by atoms with van der Waals surface area (Å²) in [7, 11) is 0. The van der Waals surface area contributed by atoms with E-state index in [9.17, 15) is 5.26 Å².